The van der Waals surface area contributed by atoms with E-state index >= 15 is 0 Å². The Bertz CT molecular complexity index is 1160. The first-order valence-electron chi connectivity index (χ1n) is 9.57. The fraction of sp³-hybridized carbons (Fsp3) is 0.120. The summed E-state index contributed by atoms with van der Waals surface area (Å²) >= 11 is 0. The van der Waals surface area contributed by atoms with Crippen molar-refractivity contribution in [1.82, 2.24) is 0 Å². The van der Waals surface area contributed by atoms with Gasteiger partial charge in [-0.15, -0.1) is 0 Å². The summed E-state index contributed by atoms with van der Waals surface area (Å²) in [6.07, 6.45) is 1.68. The number of halogens is 1. The lowest BCUT2D eigenvalue weighted by atomic mass is 10.0. The molecule has 0 bridgehead atoms. The van der Waals surface area contributed by atoms with Crippen LogP contribution in [0.2, 0.25) is 0 Å². The standard InChI is InChI=1S/C25H19FO4/c1-15(2)17-9-7-16(8-10-17)13-23-24(27)20-12-11-18(14-22(20)30-23)29-25(28)19-5-3-4-6-21(19)26/h3-15H,1-2H3/b23-13-. The van der Waals surface area contributed by atoms with E-state index in [4.69, 9.17) is 9.47 Å². The minimum absolute atomic E-state index is 0.164. The summed E-state index contributed by atoms with van der Waals surface area (Å²) in [5.74, 6) is -0.654. The normalized spacial score (nSPS) is 14.0. The number of carbonyl (C=O) groups is 2. The summed E-state index contributed by atoms with van der Waals surface area (Å²) in [5, 5.41) is 0. The molecule has 0 aromatic heterocycles. The third kappa shape index (κ3) is 3.87. The first-order valence-corrected chi connectivity index (χ1v) is 9.57. The van der Waals surface area contributed by atoms with Crippen molar-refractivity contribution in [2.24, 2.45) is 0 Å². The van der Waals surface area contributed by atoms with Crippen molar-refractivity contribution in [3.05, 3.63) is 101 Å². The van der Waals surface area contributed by atoms with Crippen LogP contribution in [-0.4, -0.2) is 11.8 Å². The first kappa shape index (κ1) is 19.6. The van der Waals surface area contributed by atoms with Gasteiger partial charge in [-0.05, 0) is 47.4 Å². The second kappa shape index (κ2) is 7.95. The van der Waals surface area contributed by atoms with Gasteiger partial charge in [0.1, 0.15) is 17.3 Å². The van der Waals surface area contributed by atoms with Gasteiger partial charge in [-0.1, -0.05) is 50.2 Å². The quantitative estimate of drug-likeness (QED) is 0.315. The van der Waals surface area contributed by atoms with Crippen molar-refractivity contribution < 1.29 is 23.5 Å². The highest BCUT2D eigenvalue weighted by Gasteiger charge is 2.28. The highest BCUT2D eigenvalue weighted by Crippen LogP contribution is 2.35. The maximum absolute atomic E-state index is 13.8. The van der Waals surface area contributed by atoms with Gasteiger partial charge in [-0.3, -0.25) is 4.79 Å². The average Bonchev–Trinajstić information content (AvgIpc) is 3.03. The molecular formula is C25H19FO4. The van der Waals surface area contributed by atoms with Gasteiger partial charge in [0.2, 0.25) is 5.78 Å². The highest BCUT2D eigenvalue weighted by molar-refractivity contribution is 6.14. The Balaban J connectivity index is 1.54. The molecule has 4 rings (SSSR count). The second-order valence-corrected chi connectivity index (χ2v) is 7.29. The smallest absolute Gasteiger partial charge is 0.346 e. The van der Waals surface area contributed by atoms with E-state index in [-0.39, 0.29) is 22.9 Å². The number of benzene rings is 3. The monoisotopic (exact) mass is 402 g/mol. The van der Waals surface area contributed by atoms with Crippen molar-refractivity contribution in [2.45, 2.75) is 19.8 Å². The van der Waals surface area contributed by atoms with Crippen molar-refractivity contribution in [3.63, 3.8) is 0 Å². The molecule has 0 spiro atoms. The molecule has 4 nitrogen and oxygen atoms in total. The number of fused-ring (bicyclic) bond motifs is 1. The van der Waals surface area contributed by atoms with E-state index in [1.54, 1.807) is 12.1 Å². The Morgan fingerprint density at radius 3 is 2.47 bits per heavy atom. The topological polar surface area (TPSA) is 52.6 Å². The summed E-state index contributed by atoms with van der Waals surface area (Å²) < 4.78 is 24.7. The predicted molar refractivity (Wildman–Crippen MR) is 111 cm³/mol. The number of allylic oxidation sites excluding steroid dienone is 1. The summed E-state index contributed by atoms with van der Waals surface area (Å²) in [5.41, 5.74) is 2.27. The molecule has 0 radical (unpaired) electrons. The highest BCUT2D eigenvalue weighted by atomic mass is 19.1. The van der Waals surface area contributed by atoms with Gasteiger partial charge in [-0.25, -0.2) is 9.18 Å². The lowest BCUT2D eigenvalue weighted by Gasteiger charge is -2.06. The Labute approximate surface area is 173 Å². The molecule has 0 saturated carbocycles. The molecule has 0 unspecified atom stereocenters. The van der Waals surface area contributed by atoms with E-state index in [9.17, 15) is 14.0 Å². The predicted octanol–water partition coefficient (Wildman–Crippen LogP) is 5.78. The van der Waals surface area contributed by atoms with Gasteiger partial charge < -0.3 is 9.47 Å². The van der Waals surface area contributed by atoms with Gasteiger partial charge in [0.15, 0.2) is 5.76 Å². The zero-order chi connectivity index (χ0) is 21.3. The van der Waals surface area contributed by atoms with Crippen LogP contribution in [0.15, 0.2) is 72.5 Å². The molecule has 0 aliphatic carbocycles. The minimum Gasteiger partial charge on any atom is -0.452 e. The summed E-state index contributed by atoms with van der Waals surface area (Å²) in [4.78, 5) is 24.8. The molecule has 3 aromatic rings. The zero-order valence-corrected chi connectivity index (χ0v) is 16.5. The first-order chi connectivity index (χ1) is 14.4. The summed E-state index contributed by atoms with van der Waals surface area (Å²) in [7, 11) is 0. The molecule has 0 saturated heterocycles. The summed E-state index contributed by atoms with van der Waals surface area (Å²) in [6.45, 7) is 4.23. The molecule has 1 heterocycles. The van der Waals surface area contributed by atoms with Crippen molar-refractivity contribution in [2.75, 3.05) is 0 Å². The Kier molecular flexibility index (Phi) is 5.19. The maximum Gasteiger partial charge on any atom is 0.346 e. The third-order valence-corrected chi connectivity index (χ3v) is 4.85. The third-order valence-electron chi connectivity index (χ3n) is 4.85. The van der Waals surface area contributed by atoms with Gasteiger partial charge in [-0.2, -0.15) is 0 Å². The second-order valence-electron chi connectivity index (χ2n) is 7.29. The van der Waals surface area contributed by atoms with E-state index in [1.165, 1.54) is 42.0 Å². The number of carbonyl (C=O) groups excluding carboxylic acids is 2. The molecule has 3 aromatic carbocycles. The molecule has 0 N–H and O–H groups in total. The largest absolute Gasteiger partial charge is 0.452 e. The molecule has 0 amide bonds. The molecule has 1 aliphatic heterocycles. The van der Waals surface area contributed by atoms with E-state index in [2.05, 4.69) is 13.8 Å². The number of ether oxygens (including phenoxy) is 2. The molecule has 0 fully saturated rings. The lowest BCUT2D eigenvalue weighted by Crippen LogP contribution is -2.10. The van der Waals surface area contributed by atoms with Crippen LogP contribution in [-0.2, 0) is 0 Å². The Hall–Kier alpha value is -3.73. The van der Waals surface area contributed by atoms with Crippen LogP contribution in [0.25, 0.3) is 6.08 Å². The Morgan fingerprint density at radius 1 is 1.03 bits per heavy atom. The fourth-order valence-corrected chi connectivity index (χ4v) is 3.15. The molecule has 30 heavy (non-hydrogen) atoms. The zero-order valence-electron chi connectivity index (χ0n) is 16.5. The van der Waals surface area contributed by atoms with Crippen LogP contribution in [0.1, 0.15) is 51.6 Å². The van der Waals surface area contributed by atoms with Gasteiger partial charge in [0.05, 0.1) is 11.1 Å². The van der Waals surface area contributed by atoms with E-state index in [1.807, 2.05) is 24.3 Å². The lowest BCUT2D eigenvalue weighted by molar-refractivity contribution is 0.0729. The fourth-order valence-electron chi connectivity index (χ4n) is 3.15. The van der Waals surface area contributed by atoms with E-state index in [0.717, 1.165) is 5.56 Å². The molecule has 150 valence electrons. The maximum atomic E-state index is 13.8. The van der Waals surface area contributed by atoms with Crippen LogP contribution in [0.3, 0.4) is 0 Å². The van der Waals surface area contributed by atoms with Crippen LogP contribution in [0.5, 0.6) is 11.5 Å². The molecular weight excluding hydrogens is 383 g/mol. The SMILES string of the molecule is CC(C)c1ccc(/C=C2\Oc3cc(OC(=O)c4ccccc4F)ccc3C2=O)cc1. The number of hydrogen-bond acceptors (Lipinski definition) is 4. The van der Waals surface area contributed by atoms with Gasteiger partial charge in [0, 0.05) is 6.07 Å². The Morgan fingerprint density at radius 2 is 1.77 bits per heavy atom. The van der Waals surface area contributed by atoms with Gasteiger partial charge >= 0.3 is 5.97 Å². The number of esters is 1. The minimum atomic E-state index is -0.821. The van der Waals surface area contributed by atoms with Crippen LogP contribution in [0.4, 0.5) is 4.39 Å². The summed E-state index contributed by atoms with van der Waals surface area (Å²) in [6, 6.07) is 17.9. The van der Waals surface area contributed by atoms with Crippen LogP contribution in [0, 0.1) is 5.82 Å². The van der Waals surface area contributed by atoms with Crippen molar-refractivity contribution in [1.29, 1.82) is 0 Å². The van der Waals surface area contributed by atoms with E-state index < -0.39 is 11.8 Å². The average molecular weight is 402 g/mol. The van der Waals surface area contributed by atoms with Crippen LogP contribution >= 0.6 is 0 Å². The molecule has 5 heteroatoms. The van der Waals surface area contributed by atoms with E-state index in [0.29, 0.717) is 17.2 Å². The van der Waals surface area contributed by atoms with Crippen molar-refractivity contribution in [3.8, 4) is 11.5 Å². The number of Topliss-reactive ketones (excluding diaryl/α,β-unsaturated/α-hetero) is 1. The van der Waals surface area contributed by atoms with Crippen molar-refractivity contribution >= 4 is 17.8 Å². The number of rotatable bonds is 4. The molecule has 0 atom stereocenters. The number of hydrogen-bond donors (Lipinski definition) is 0. The number of ketones is 1. The molecule has 1 aliphatic rings. The van der Waals surface area contributed by atoms with Crippen LogP contribution < -0.4 is 9.47 Å². The van der Waals surface area contributed by atoms with Gasteiger partial charge in [0.25, 0.3) is 0 Å².